The second-order valence-corrected chi connectivity index (χ2v) is 5.99. The van der Waals surface area contributed by atoms with E-state index in [2.05, 4.69) is 0 Å². The zero-order valence-corrected chi connectivity index (χ0v) is 13.2. The molecule has 0 amide bonds. The van der Waals surface area contributed by atoms with Gasteiger partial charge in [-0.2, -0.15) is 0 Å². The highest BCUT2D eigenvalue weighted by molar-refractivity contribution is 5.95. The first kappa shape index (κ1) is 15.7. The molecule has 1 atom stereocenters. The number of halogens is 1. The first-order chi connectivity index (χ1) is 11.0. The Morgan fingerprint density at radius 1 is 1.22 bits per heavy atom. The molecule has 3 nitrogen and oxygen atoms in total. The number of methoxy groups -OCH3 is 1. The maximum absolute atomic E-state index is 14.3. The minimum absolute atomic E-state index is 0.0769. The summed E-state index contributed by atoms with van der Waals surface area (Å²) in [7, 11) is 1.52. The SMILES string of the molecule is COc1ccc(F)c(-c2ccc(C(C)=O)cc2C(O)C2CC2)c1. The predicted octanol–water partition coefficient (Wildman–Crippen LogP) is 4.15. The van der Waals surface area contributed by atoms with Crippen molar-refractivity contribution in [2.75, 3.05) is 7.11 Å². The molecule has 1 saturated carbocycles. The number of rotatable bonds is 5. The molecule has 0 radical (unpaired) electrons. The Bertz CT molecular complexity index is 750. The second-order valence-electron chi connectivity index (χ2n) is 5.99. The molecule has 23 heavy (non-hydrogen) atoms. The van der Waals surface area contributed by atoms with Crippen LogP contribution >= 0.6 is 0 Å². The molecule has 1 fully saturated rings. The van der Waals surface area contributed by atoms with Crippen LogP contribution in [-0.2, 0) is 0 Å². The van der Waals surface area contributed by atoms with Gasteiger partial charge in [-0.25, -0.2) is 4.39 Å². The van der Waals surface area contributed by atoms with Gasteiger partial charge in [-0.3, -0.25) is 4.79 Å². The maximum atomic E-state index is 14.3. The van der Waals surface area contributed by atoms with Gasteiger partial charge in [-0.15, -0.1) is 0 Å². The molecule has 1 aliphatic rings. The van der Waals surface area contributed by atoms with E-state index in [9.17, 15) is 14.3 Å². The second kappa shape index (κ2) is 6.13. The summed E-state index contributed by atoms with van der Waals surface area (Å²) in [5.41, 5.74) is 2.10. The molecule has 120 valence electrons. The van der Waals surface area contributed by atoms with Crippen LogP contribution in [0.3, 0.4) is 0 Å². The van der Waals surface area contributed by atoms with E-state index in [1.54, 1.807) is 30.3 Å². The lowest BCUT2D eigenvalue weighted by Gasteiger charge is -2.17. The number of ketones is 1. The number of hydrogen-bond acceptors (Lipinski definition) is 3. The van der Waals surface area contributed by atoms with Gasteiger partial charge in [0.25, 0.3) is 0 Å². The first-order valence-corrected chi connectivity index (χ1v) is 7.68. The highest BCUT2D eigenvalue weighted by Crippen LogP contribution is 2.44. The van der Waals surface area contributed by atoms with Crippen LogP contribution in [0.15, 0.2) is 36.4 Å². The zero-order chi connectivity index (χ0) is 16.6. The standard InChI is InChI=1S/C19H19FO3/c1-11(21)13-5-7-15(17(9-13)19(22)12-3-4-12)16-10-14(23-2)6-8-18(16)20/h5-10,12,19,22H,3-4H2,1-2H3. The zero-order valence-electron chi connectivity index (χ0n) is 13.2. The lowest BCUT2D eigenvalue weighted by atomic mass is 9.91. The van der Waals surface area contributed by atoms with Gasteiger partial charge in [0, 0.05) is 11.1 Å². The van der Waals surface area contributed by atoms with E-state index in [1.165, 1.54) is 20.1 Å². The molecule has 1 unspecified atom stereocenters. The van der Waals surface area contributed by atoms with Crippen molar-refractivity contribution in [1.29, 1.82) is 0 Å². The van der Waals surface area contributed by atoms with Gasteiger partial charge in [0.2, 0.25) is 0 Å². The van der Waals surface area contributed by atoms with Crippen LogP contribution in [0.1, 0.15) is 41.8 Å². The van der Waals surface area contributed by atoms with Crippen molar-refractivity contribution in [2.24, 2.45) is 5.92 Å². The van der Waals surface area contributed by atoms with Crippen LogP contribution in [0.25, 0.3) is 11.1 Å². The van der Waals surface area contributed by atoms with Crippen molar-refractivity contribution in [3.63, 3.8) is 0 Å². The van der Waals surface area contributed by atoms with E-state index in [4.69, 9.17) is 4.74 Å². The van der Waals surface area contributed by atoms with Crippen LogP contribution in [0, 0.1) is 11.7 Å². The summed E-state index contributed by atoms with van der Waals surface area (Å²) in [4.78, 5) is 11.6. The number of ether oxygens (including phenoxy) is 1. The molecule has 0 aliphatic heterocycles. The predicted molar refractivity (Wildman–Crippen MR) is 86.1 cm³/mol. The third-order valence-electron chi connectivity index (χ3n) is 4.31. The number of aliphatic hydroxyl groups is 1. The smallest absolute Gasteiger partial charge is 0.159 e. The van der Waals surface area contributed by atoms with E-state index < -0.39 is 6.10 Å². The van der Waals surface area contributed by atoms with Gasteiger partial charge in [0.15, 0.2) is 5.78 Å². The van der Waals surface area contributed by atoms with Crippen LogP contribution in [0.2, 0.25) is 0 Å². The highest BCUT2D eigenvalue weighted by atomic mass is 19.1. The van der Waals surface area contributed by atoms with Gasteiger partial charge in [0.05, 0.1) is 13.2 Å². The Balaban J connectivity index is 2.16. The molecule has 4 heteroatoms. The summed E-state index contributed by atoms with van der Waals surface area (Å²) in [6.45, 7) is 1.48. The lowest BCUT2D eigenvalue weighted by molar-refractivity contribution is 0.101. The topological polar surface area (TPSA) is 46.5 Å². The minimum atomic E-state index is -0.685. The maximum Gasteiger partial charge on any atom is 0.159 e. The van der Waals surface area contributed by atoms with Gasteiger partial charge < -0.3 is 9.84 Å². The van der Waals surface area contributed by atoms with E-state index in [0.29, 0.717) is 28.0 Å². The van der Waals surface area contributed by atoms with Crippen LogP contribution in [0.4, 0.5) is 4.39 Å². The van der Waals surface area contributed by atoms with Gasteiger partial charge in [-0.05, 0) is 61.1 Å². The van der Waals surface area contributed by atoms with Gasteiger partial charge in [-0.1, -0.05) is 12.1 Å². The Labute approximate surface area is 134 Å². The average Bonchev–Trinajstić information content (AvgIpc) is 3.39. The fraction of sp³-hybridized carbons (Fsp3) is 0.316. The highest BCUT2D eigenvalue weighted by Gasteiger charge is 2.33. The lowest BCUT2D eigenvalue weighted by Crippen LogP contribution is -2.05. The van der Waals surface area contributed by atoms with E-state index in [0.717, 1.165) is 12.8 Å². The normalized spacial score (nSPS) is 15.3. The minimum Gasteiger partial charge on any atom is -0.497 e. The van der Waals surface area contributed by atoms with Crippen molar-refractivity contribution in [1.82, 2.24) is 0 Å². The molecule has 3 rings (SSSR count). The van der Waals surface area contributed by atoms with Crippen molar-refractivity contribution in [3.8, 4) is 16.9 Å². The molecule has 0 heterocycles. The van der Waals surface area contributed by atoms with E-state index in [-0.39, 0.29) is 17.5 Å². The monoisotopic (exact) mass is 314 g/mol. The van der Waals surface area contributed by atoms with Gasteiger partial charge >= 0.3 is 0 Å². The van der Waals surface area contributed by atoms with E-state index >= 15 is 0 Å². The number of Topliss-reactive ketones (excluding diaryl/α,β-unsaturated/α-hetero) is 1. The molecule has 0 spiro atoms. The molecule has 0 saturated heterocycles. The average molecular weight is 314 g/mol. The number of hydrogen-bond donors (Lipinski definition) is 1. The molecule has 1 aliphatic carbocycles. The van der Waals surface area contributed by atoms with Gasteiger partial charge in [0.1, 0.15) is 11.6 Å². The summed E-state index contributed by atoms with van der Waals surface area (Å²) < 4.78 is 19.5. The van der Waals surface area contributed by atoms with Crippen LogP contribution in [-0.4, -0.2) is 18.0 Å². The van der Waals surface area contributed by atoms with Crippen molar-refractivity contribution < 1.29 is 19.0 Å². The molecule has 0 aromatic heterocycles. The summed E-state index contributed by atoms with van der Waals surface area (Å²) in [6.07, 6.45) is 1.21. The summed E-state index contributed by atoms with van der Waals surface area (Å²) in [6, 6.07) is 9.57. The molecular weight excluding hydrogens is 295 g/mol. The summed E-state index contributed by atoms with van der Waals surface area (Å²) >= 11 is 0. The fourth-order valence-electron chi connectivity index (χ4n) is 2.78. The molecule has 2 aromatic carbocycles. The number of benzene rings is 2. The van der Waals surface area contributed by atoms with Crippen LogP contribution in [0.5, 0.6) is 5.75 Å². The number of carbonyl (C=O) groups excluding carboxylic acids is 1. The molecule has 1 N–H and O–H groups in total. The molecule has 2 aromatic rings. The Hall–Kier alpha value is -2.20. The quantitative estimate of drug-likeness (QED) is 0.843. The van der Waals surface area contributed by atoms with Crippen molar-refractivity contribution in [3.05, 3.63) is 53.3 Å². The summed E-state index contributed by atoms with van der Waals surface area (Å²) in [5.74, 6) is 0.270. The van der Waals surface area contributed by atoms with E-state index in [1.807, 2.05) is 0 Å². The Morgan fingerprint density at radius 3 is 2.57 bits per heavy atom. The third kappa shape index (κ3) is 3.13. The Kier molecular flexibility index (Phi) is 4.18. The first-order valence-electron chi connectivity index (χ1n) is 7.68. The van der Waals surface area contributed by atoms with Crippen LogP contribution < -0.4 is 4.74 Å². The molecule has 0 bridgehead atoms. The fourth-order valence-corrected chi connectivity index (χ4v) is 2.78. The van der Waals surface area contributed by atoms with Crippen molar-refractivity contribution in [2.45, 2.75) is 25.9 Å². The third-order valence-corrected chi connectivity index (χ3v) is 4.31. The Morgan fingerprint density at radius 2 is 1.96 bits per heavy atom. The summed E-state index contributed by atoms with van der Waals surface area (Å²) in [5, 5.41) is 10.6. The largest absolute Gasteiger partial charge is 0.497 e. The van der Waals surface area contributed by atoms with Crippen molar-refractivity contribution >= 4 is 5.78 Å². The number of aliphatic hydroxyl groups excluding tert-OH is 1. The number of carbonyl (C=O) groups is 1. The molecular formula is C19H19FO3.